The molecule has 0 saturated carbocycles. The van der Waals surface area contributed by atoms with Crippen molar-refractivity contribution in [1.82, 2.24) is 0 Å². The summed E-state index contributed by atoms with van der Waals surface area (Å²) < 4.78 is 0. The van der Waals surface area contributed by atoms with Crippen LogP contribution in [-0.2, 0) is 0 Å². The van der Waals surface area contributed by atoms with Crippen LogP contribution >= 0.6 is 0 Å². The third-order valence-electron chi connectivity index (χ3n) is 0.915. The van der Waals surface area contributed by atoms with Gasteiger partial charge in [0.1, 0.15) is 11.9 Å². The Labute approximate surface area is 60.2 Å². The van der Waals surface area contributed by atoms with Crippen LogP contribution < -0.4 is 5.73 Å². The van der Waals surface area contributed by atoms with E-state index in [0.717, 1.165) is 0 Å². The molecular formula is C7H9N3. The van der Waals surface area contributed by atoms with Crippen molar-refractivity contribution in [1.29, 1.82) is 5.26 Å². The zero-order valence-electron chi connectivity index (χ0n) is 5.83. The Morgan fingerprint density at radius 3 is 2.70 bits per heavy atom. The van der Waals surface area contributed by atoms with Crippen LogP contribution in [0.15, 0.2) is 29.4 Å². The molecule has 0 radical (unpaired) electrons. The minimum absolute atomic E-state index is 0.208. The third-order valence-corrected chi connectivity index (χ3v) is 0.915. The van der Waals surface area contributed by atoms with Crippen molar-refractivity contribution in [3.63, 3.8) is 0 Å². The Hall–Kier alpha value is -1.56. The number of rotatable bonds is 2. The molecular weight excluding hydrogens is 126 g/mol. The molecule has 3 nitrogen and oxygen atoms in total. The van der Waals surface area contributed by atoms with E-state index < -0.39 is 0 Å². The molecule has 0 saturated heterocycles. The lowest BCUT2D eigenvalue weighted by atomic mass is 10.2. The summed E-state index contributed by atoms with van der Waals surface area (Å²) in [5.74, 6) is 0.208. The fourth-order valence-electron chi connectivity index (χ4n) is 0.438. The monoisotopic (exact) mass is 135 g/mol. The molecule has 2 N–H and O–H groups in total. The van der Waals surface area contributed by atoms with Crippen molar-refractivity contribution in [2.75, 3.05) is 0 Å². The van der Waals surface area contributed by atoms with Crippen LogP contribution in [0.25, 0.3) is 0 Å². The van der Waals surface area contributed by atoms with Gasteiger partial charge in [0, 0.05) is 6.20 Å². The molecule has 0 atom stereocenters. The third kappa shape index (κ3) is 2.14. The van der Waals surface area contributed by atoms with Gasteiger partial charge in [-0.25, -0.2) is 4.99 Å². The molecule has 0 aromatic carbocycles. The van der Waals surface area contributed by atoms with E-state index in [9.17, 15) is 0 Å². The molecule has 0 fully saturated rings. The Morgan fingerprint density at radius 1 is 1.80 bits per heavy atom. The fourth-order valence-corrected chi connectivity index (χ4v) is 0.438. The lowest BCUT2D eigenvalue weighted by Crippen LogP contribution is -2.12. The number of hydrogen-bond donors (Lipinski definition) is 1. The van der Waals surface area contributed by atoms with Gasteiger partial charge in [-0.2, -0.15) is 5.26 Å². The molecule has 3 heteroatoms. The Balaban J connectivity index is 4.51. The number of nitrogens with two attached hydrogens (primary N) is 1. The van der Waals surface area contributed by atoms with Gasteiger partial charge < -0.3 is 5.73 Å². The molecule has 0 aliphatic rings. The van der Waals surface area contributed by atoms with Gasteiger partial charge in [0.15, 0.2) is 0 Å². The highest BCUT2D eigenvalue weighted by Gasteiger charge is 1.95. The van der Waals surface area contributed by atoms with Gasteiger partial charge in [0.2, 0.25) is 0 Å². The van der Waals surface area contributed by atoms with Crippen LogP contribution in [0.2, 0.25) is 0 Å². The van der Waals surface area contributed by atoms with Crippen molar-refractivity contribution >= 4 is 5.84 Å². The van der Waals surface area contributed by atoms with E-state index in [1.54, 1.807) is 13.0 Å². The Kier molecular flexibility index (Phi) is 3.66. The first-order chi connectivity index (χ1) is 4.76. The minimum Gasteiger partial charge on any atom is -0.383 e. The van der Waals surface area contributed by atoms with Crippen LogP contribution in [-0.4, -0.2) is 5.84 Å². The van der Waals surface area contributed by atoms with E-state index in [1.807, 2.05) is 6.07 Å². The Bertz CT molecular complexity index is 217. The largest absolute Gasteiger partial charge is 0.383 e. The van der Waals surface area contributed by atoms with Crippen LogP contribution in [0.4, 0.5) is 0 Å². The van der Waals surface area contributed by atoms with Crippen LogP contribution in [0.3, 0.4) is 0 Å². The number of aliphatic imine (C=N–C) groups is 1. The first-order valence-electron chi connectivity index (χ1n) is 2.77. The van der Waals surface area contributed by atoms with Gasteiger partial charge in [0.25, 0.3) is 0 Å². The highest BCUT2D eigenvalue weighted by Crippen LogP contribution is 1.91. The summed E-state index contributed by atoms with van der Waals surface area (Å²) in [5.41, 5.74) is 5.71. The maximum absolute atomic E-state index is 8.41. The van der Waals surface area contributed by atoms with Crippen molar-refractivity contribution in [3.8, 4) is 6.07 Å². The zero-order chi connectivity index (χ0) is 7.98. The second-order valence-electron chi connectivity index (χ2n) is 1.51. The molecule has 0 aromatic heterocycles. The summed E-state index contributed by atoms with van der Waals surface area (Å²) in [6.45, 7) is 5.07. The number of nitriles is 1. The number of allylic oxidation sites excluding steroid dienone is 1. The van der Waals surface area contributed by atoms with Crippen molar-refractivity contribution in [2.24, 2.45) is 10.7 Å². The molecule has 0 unspecified atom stereocenters. The molecule has 0 aliphatic carbocycles. The van der Waals surface area contributed by atoms with Crippen LogP contribution in [0.5, 0.6) is 0 Å². The Morgan fingerprint density at radius 2 is 2.40 bits per heavy atom. The van der Waals surface area contributed by atoms with Gasteiger partial charge in [-0.1, -0.05) is 12.7 Å². The summed E-state index contributed by atoms with van der Waals surface area (Å²) >= 11 is 0. The van der Waals surface area contributed by atoms with Crippen molar-refractivity contribution in [3.05, 3.63) is 24.4 Å². The molecule has 0 aromatic rings. The summed E-state index contributed by atoms with van der Waals surface area (Å²) in [6.07, 6.45) is 2.90. The van der Waals surface area contributed by atoms with Crippen LogP contribution in [0, 0.1) is 11.3 Å². The van der Waals surface area contributed by atoms with E-state index >= 15 is 0 Å². The lowest BCUT2D eigenvalue weighted by molar-refractivity contribution is 1.44. The van der Waals surface area contributed by atoms with E-state index in [-0.39, 0.29) is 5.84 Å². The highest BCUT2D eigenvalue weighted by molar-refractivity contribution is 6.00. The summed E-state index contributed by atoms with van der Waals surface area (Å²) in [5, 5.41) is 8.41. The first kappa shape index (κ1) is 8.44. The van der Waals surface area contributed by atoms with Gasteiger partial charge in [0.05, 0.1) is 5.57 Å². The van der Waals surface area contributed by atoms with E-state index in [1.165, 1.54) is 6.20 Å². The second kappa shape index (κ2) is 4.33. The molecule has 0 aliphatic heterocycles. The molecule has 10 heavy (non-hydrogen) atoms. The smallest absolute Gasteiger partial charge is 0.140 e. The predicted octanol–water partition coefficient (Wildman–Crippen LogP) is 0.957. The van der Waals surface area contributed by atoms with E-state index in [0.29, 0.717) is 5.57 Å². The fraction of sp³-hybridized carbons (Fsp3) is 0.143. The maximum Gasteiger partial charge on any atom is 0.140 e. The highest BCUT2D eigenvalue weighted by atomic mass is 14.8. The molecule has 0 amide bonds. The molecule has 0 spiro atoms. The molecule has 0 rings (SSSR count). The van der Waals surface area contributed by atoms with Crippen molar-refractivity contribution < 1.29 is 0 Å². The molecule has 0 heterocycles. The molecule has 0 bridgehead atoms. The van der Waals surface area contributed by atoms with Gasteiger partial charge in [-0.3, -0.25) is 0 Å². The van der Waals surface area contributed by atoms with E-state index in [4.69, 9.17) is 11.0 Å². The topological polar surface area (TPSA) is 62.2 Å². The van der Waals surface area contributed by atoms with Crippen LogP contribution in [0.1, 0.15) is 6.92 Å². The number of nitrogens with zero attached hydrogens (tertiary/aromatic N) is 2. The summed E-state index contributed by atoms with van der Waals surface area (Å²) in [7, 11) is 0. The number of amidine groups is 1. The normalized spacial score (nSPS) is 12.4. The summed E-state index contributed by atoms with van der Waals surface area (Å²) in [4.78, 5) is 3.63. The standard InChI is InChI=1S/C7H9N3/c1-3-6(5-8)7(9)10-4-2/h3-4H,2H2,1H3,(H2,9,10)/b6-3-. The average molecular weight is 135 g/mol. The molecule has 52 valence electrons. The quantitative estimate of drug-likeness (QED) is 0.348. The second-order valence-corrected chi connectivity index (χ2v) is 1.51. The first-order valence-corrected chi connectivity index (χ1v) is 2.77. The summed E-state index contributed by atoms with van der Waals surface area (Å²) in [6, 6.07) is 1.89. The van der Waals surface area contributed by atoms with Crippen molar-refractivity contribution in [2.45, 2.75) is 6.92 Å². The predicted molar refractivity (Wildman–Crippen MR) is 41.2 cm³/mol. The SMILES string of the molecule is C=CN=C(N)/C(C#N)=C\C. The van der Waals surface area contributed by atoms with Gasteiger partial charge in [-0.15, -0.1) is 0 Å². The minimum atomic E-state index is 0.208. The zero-order valence-corrected chi connectivity index (χ0v) is 5.83. The van der Waals surface area contributed by atoms with E-state index in [2.05, 4.69) is 11.6 Å². The maximum atomic E-state index is 8.41. The number of hydrogen-bond acceptors (Lipinski definition) is 2. The van der Waals surface area contributed by atoms with Gasteiger partial charge in [-0.05, 0) is 6.92 Å². The van der Waals surface area contributed by atoms with Gasteiger partial charge >= 0.3 is 0 Å². The average Bonchev–Trinajstić information content (AvgIpc) is 1.91. The lowest BCUT2D eigenvalue weighted by Gasteiger charge is -1.91.